The van der Waals surface area contributed by atoms with Gasteiger partial charge in [-0.2, -0.15) is 0 Å². The first kappa shape index (κ1) is 19.3. The van der Waals surface area contributed by atoms with Crippen molar-refractivity contribution in [3.63, 3.8) is 0 Å². The van der Waals surface area contributed by atoms with E-state index >= 15 is 0 Å². The summed E-state index contributed by atoms with van der Waals surface area (Å²) in [6.45, 7) is 12.4. The molecule has 1 N–H and O–H groups in total. The molecule has 4 aliphatic carbocycles. The van der Waals surface area contributed by atoms with Gasteiger partial charge >= 0.3 is 0 Å². The molecule has 1 nitrogen and oxygen atoms in total. The van der Waals surface area contributed by atoms with Crippen molar-refractivity contribution in [3.8, 4) is 0 Å². The highest BCUT2D eigenvalue weighted by Gasteiger charge is 2.61. The van der Waals surface area contributed by atoms with Crippen molar-refractivity contribution in [3.05, 3.63) is 0 Å². The Kier molecular flexibility index (Phi) is 4.82. The van der Waals surface area contributed by atoms with E-state index in [4.69, 9.17) is 0 Å². The number of aliphatic hydroxyl groups is 1. The Hall–Kier alpha value is -0.0400. The lowest BCUT2D eigenvalue weighted by molar-refractivity contribution is -0.152. The molecule has 26 heavy (non-hydrogen) atoms. The average Bonchev–Trinajstić information content (AvgIpc) is 2.99. The lowest BCUT2D eigenvalue weighted by Gasteiger charge is -2.62. The van der Waals surface area contributed by atoms with Crippen LogP contribution in [0.2, 0.25) is 0 Å². The summed E-state index contributed by atoms with van der Waals surface area (Å²) in [6, 6.07) is 0. The van der Waals surface area contributed by atoms with Crippen molar-refractivity contribution in [2.24, 2.45) is 46.3 Å². The molecule has 1 heteroatoms. The number of fused-ring (bicyclic) bond motifs is 5. The summed E-state index contributed by atoms with van der Waals surface area (Å²) in [7, 11) is 0. The minimum absolute atomic E-state index is 0.352. The van der Waals surface area contributed by atoms with Gasteiger partial charge in [0.05, 0.1) is 5.60 Å². The Balaban J connectivity index is 1.57. The third-order valence-electron chi connectivity index (χ3n) is 10.9. The molecule has 150 valence electrons. The van der Waals surface area contributed by atoms with Crippen molar-refractivity contribution in [1.29, 1.82) is 0 Å². The molecule has 4 aliphatic rings. The van der Waals surface area contributed by atoms with E-state index in [1.807, 2.05) is 0 Å². The SMILES string of the molecule is CC[C@@H](C)[C@H]1CC[C@H]2[C@@H]3CC[C@H]4C[C@](O)(CC)CC[C@]4(C)[C@H]3CC[C@]12C. The Morgan fingerprint density at radius 3 is 2.31 bits per heavy atom. The summed E-state index contributed by atoms with van der Waals surface area (Å²) in [4.78, 5) is 0. The second-order valence-corrected chi connectivity index (χ2v) is 11.6. The van der Waals surface area contributed by atoms with Gasteiger partial charge in [-0.05, 0) is 111 Å². The van der Waals surface area contributed by atoms with Crippen LogP contribution >= 0.6 is 0 Å². The summed E-state index contributed by atoms with van der Waals surface area (Å²) in [6.07, 6.45) is 14.5. The standard InChI is InChI=1S/C25H44O/c1-6-17(3)20-10-11-21-19-9-8-18-16-25(26,7-2)15-14-23(18,4)22(19)12-13-24(20,21)5/h17-22,26H,6-16H2,1-5H3/t17-,18+,19+,20-,21+,22+,23+,24-,25+/m1/s1. The van der Waals surface area contributed by atoms with E-state index in [2.05, 4.69) is 34.6 Å². The molecule has 0 heterocycles. The van der Waals surface area contributed by atoms with E-state index < -0.39 is 0 Å². The normalized spacial score (nSPS) is 54.9. The van der Waals surface area contributed by atoms with Crippen LogP contribution in [0.4, 0.5) is 0 Å². The molecule has 0 unspecified atom stereocenters. The van der Waals surface area contributed by atoms with Gasteiger partial charge in [0.1, 0.15) is 0 Å². The fraction of sp³-hybridized carbons (Fsp3) is 1.00. The molecule has 0 aromatic carbocycles. The van der Waals surface area contributed by atoms with Crippen LogP contribution in [0.1, 0.15) is 105 Å². The maximum absolute atomic E-state index is 10.9. The fourth-order valence-corrected chi connectivity index (χ4v) is 8.90. The Bertz CT molecular complexity index is 528. The topological polar surface area (TPSA) is 20.2 Å². The van der Waals surface area contributed by atoms with Crippen LogP contribution in [0.5, 0.6) is 0 Å². The number of rotatable bonds is 3. The first-order chi connectivity index (χ1) is 12.3. The first-order valence-corrected chi connectivity index (χ1v) is 12.0. The maximum atomic E-state index is 10.9. The second-order valence-electron chi connectivity index (χ2n) is 11.6. The predicted molar refractivity (Wildman–Crippen MR) is 110 cm³/mol. The van der Waals surface area contributed by atoms with Gasteiger partial charge in [-0.15, -0.1) is 0 Å². The summed E-state index contributed by atoms with van der Waals surface area (Å²) in [5.41, 5.74) is 0.786. The van der Waals surface area contributed by atoms with E-state index in [1.165, 1.54) is 51.4 Å². The van der Waals surface area contributed by atoms with Crippen molar-refractivity contribution in [2.45, 2.75) is 111 Å². The summed E-state index contributed by atoms with van der Waals surface area (Å²) < 4.78 is 0. The molecule has 4 rings (SSSR count). The van der Waals surface area contributed by atoms with Gasteiger partial charge in [-0.3, -0.25) is 0 Å². The lowest BCUT2D eigenvalue weighted by atomic mass is 9.43. The Labute approximate surface area is 162 Å². The van der Waals surface area contributed by atoms with Gasteiger partial charge in [0.15, 0.2) is 0 Å². The first-order valence-electron chi connectivity index (χ1n) is 12.0. The van der Waals surface area contributed by atoms with Gasteiger partial charge in [0, 0.05) is 0 Å². The summed E-state index contributed by atoms with van der Waals surface area (Å²) in [5, 5.41) is 10.9. The van der Waals surface area contributed by atoms with E-state index in [0.717, 1.165) is 54.8 Å². The van der Waals surface area contributed by atoms with Crippen LogP contribution in [-0.2, 0) is 0 Å². The minimum Gasteiger partial charge on any atom is -0.390 e. The molecule has 0 aromatic rings. The van der Waals surface area contributed by atoms with Crippen LogP contribution < -0.4 is 0 Å². The quantitative estimate of drug-likeness (QED) is 0.584. The third-order valence-corrected chi connectivity index (χ3v) is 10.9. The Morgan fingerprint density at radius 2 is 1.62 bits per heavy atom. The molecule has 0 spiro atoms. The van der Waals surface area contributed by atoms with Crippen molar-refractivity contribution in [1.82, 2.24) is 0 Å². The molecule has 0 saturated heterocycles. The summed E-state index contributed by atoms with van der Waals surface area (Å²) in [5.74, 6) is 5.57. The molecule has 4 fully saturated rings. The molecule has 0 bridgehead atoms. The number of hydrogen-bond donors (Lipinski definition) is 1. The monoisotopic (exact) mass is 360 g/mol. The minimum atomic E-state index is -0.352. The van der Waals surface area contributed by atoms with Crippen LogP contribution in [0.15, 0.2) is 0 Å². The molecular weight excluding hydrogens is 316 g/mol. The van der Waals surface area contributed by atoms with Gasteiger partial charge in [-0.25, -0.2) is 0 Å². The zero-order valence-corrected chi connectivity index (χ0v) is 18.2. The molecule has 0 aromatic heterocycles. The summed E-state index contributed by atoms with van der Waals surface area (Å²) >= 11 is 0. The number of hydrogen-bond acceptors (Lipinski definition) is 1. The molecular formula is C25H44O. The van der Waals surface area contributed by atoms with Gasteiger partial charge in [0.25, 0.3) is 0 Å². The Morgan fingerprint density at radius 1 is 0.885 bits per heavy atom. The smallest absolute Gasteiger partial charge is 0.0648 e. The van der Waals surface area contributed by atoms with Crippen LogP contribution in [0, 0.1) is 46.3 Å². The van der Waals surface area contributed by atoms with Gasteiger partial charge in [-0.1, -0.05) is 41.0 Å². The molecule has 4 saturated carbocycles. The predicted octanol–water partition coefficient (Wildman–Crippen LogP) is 6.83. The fourth-order valence-electron chi connectivity index (χ4n) is 8.90. The van der Waals surface area contributed by atoms with Crippen molar-refractivity contribution < 1.29 is 5.11 Å². The van der Waals surface area contributed by atoms with E-state index in [-0.39, 0.29) is 5.60 Å². The highest BCUT2D eigenvalue weighted by atomic mass is 16.3. The zero-order valence-electron chi connectivity index (χ0n) is 18.2. The van der Waals surface area contributed by atoms with Crippen LogP contribution in [0.3, 0.4) is 0 Å². The third kappa shape index (κ3) is 2.66. The average molecular weight is 361 g/mol. The lowest BCUT2D eigenvalue weighted by Crippen LogP contribution is -2.56. The second kappa shape index (κ2) is 6.50. The largest absolute Gasteiger partial charge is 0.390 e. The van der Waals surface area contributed by atoms with Crippen molar-refractivity contribution >= 4 is 0 Å². The maximum Gasteiger partial charge on any atom is 0.0648 e. The van der Waals surface area contributed by atoms with Crippen LogP contribution in [-0.4, -0.2) is 10.7 Å². The molecule has 0 aliphatic heterocycles. The molecule has 0 amide bonds. The van der Waals surface area contributed by atoms with E-state index in [0.29, 0.717) is 10.8 Å². The molecule has 9 atom stereocenters. The van der Waals surface area contributed by atoms with Crippen molar-refractivity contribution in [2.75, 3.05) is 0 Å². The van der Waals surface area contributed by atoms with Crippen LogP contribution in [0.25, 0.3) is 0 Å². The van der Waals surface area contributed by atoms with Gasteiger partial charge < -0.3 is 5.11 Å². The zero-order chi connectivity index (χ0) is 18.7. The van der Waals surface area contributed by atoms with E-state index in [9.17, 15) is 5.11 Å². The van der Waals surface area contributed by atoms with Gasteiger partial charge in [0.2, 0.25) is 0 Å². The highest BCUT2D eigenvalue weighted by molar-refractivity contribution is 5.10. The highest BCUT2D eigenvalue weighted by Crippen LogP contribution is 2.68. The molecule has 0 radical (unpaired) electrons. The van der Waals surface area contributed by atoms with E-state index in [1.54, 1.807) is 0 Å².